The Balaban J connectivity index is 1.38. The first-order chi connectivity index (χ1) is 13.7. The van der Waals surface area contributed by atoms with E-state index >= 15 is 0 Å². The Morgan fingerprint density at radius 2 is 1.79 bits per heavy atom. The zero-order valence-corrected chi connectivity index (χ0v) is 16.5. The summed E-state index contributed by atoms with van der Waals surface area (Å²) in [5.41, 5.74) is 5.64. The number of carbonyl (C=O) groups is 1. The second-order valence-corrected chi connectivity index (χ2v) is 8.40. The van der Waals surface area contributed by atoms with Crippen LogP contribution in [0.3, 0.4) is 0 Å². The van der Waals surface area contributed by atoms with Crippen LogP contribution < -0.4 is 0 Å². The molecule has 3 aliphatic rings. The van der Waals surface area contributed by atoms with E-state index in [-0.39, 0.29) is 5.91 Å². The van der Waals surface area contributed by atoms with E-state index in [0.717, 1.165) is 60.4 Å². The second-order valence-electron chi connectivity index (χ2n) is 8.00. The Morgan fingerprint density at radius 1 is 1.00 bits per heavy atom. The Kier molecular flexibility index (Phi) is 4.56. The van der Waals surface area contributed by atoms with Crippen LogP contribution in [-0.2, 0) is 0 Å². The van der Waals surface area contributed by atoms with Crippen molar-refractivity contribution >= 4 is 23.7 Å². The molecule has 2 aromatic rings. The van der Waals surface area contributed by atoms with Gasteiger partial charge in [0.15, 0.2) is 0 Å². The summed E-state index contributed by atoms with van der Waals surface area (Å²) >= 11 is 6.32. The lowest BCUT2D eigenvalue weighted by atomic mass is 9.88. The summed E-state index contributed by atoms with van der Waals surface area (Å²) in [6.45, 7) is 0.864. The van der Waals surface area contributed by atoms with Crippen molar-refractivity contribution in [1.29, 1.82) is 0 Å². The Hall–Kier alpha value is -2.39. The molecule has 0 N–H and O–H groups in total. The van der Waals surface area contributed by atoms with E-state index in [0.29, 0.717) is 12.1 Å². The molecule has 4 heteroatoms. The topological polar surface area (TPSA) is 32.7 Å². The Labute approximate surface area is 170 Å². The minimum absolute atomic E-state index is 0.164. The van der Waals surface area contributed by atoms with Crippen LogP contribution in [0.2, 0.25) is 5.02 Å². The molecule has 1 heterocycles. The summed E-state index contributed by atoms with van der Waals surface area (Å²) in [5, 5.41) is 0.727. The largest absolute Gasteiger partial charge is 0.332 e. The zero-order valence-electron chi connectivity index (χ0n) is 15.8. The van der Waals surface area contributed by atoms with E-state index in [9.17, 15) is 4.79 Å². The van der Waals surface area contributed by atoms with Gasteiger partial charge in [-0.25, -0.2) is 0 Å². The van der Waals surface area contributed by atoms with Crippen LogP contribution in [0.1, 0.15) is 42.5 Å². The van der Waals surface area contributed by atoms with Gasteiger partial charge >= 0.3 is 0 Å². The lowest BCUT2D eigenvalue weighted by Gasteiger charge is -2.35. The highest BCUT2D eigenvalue weighted by atomic mass is 35.5. The molecule has 2 aliphatic carbocycles. The normalized spacial score (nSPS) is 21.0. The van der Waals surface area contributed by atoms with Crippen LogP contribution in [0.25, 0.3) is 11.1 Å². The van der Waals surface area contributed by atoms with Crippen molar-refractivity contribution < 1.29 is 4.79 Å². The van der Waals surface area contributed by atoms with Gasteiger partial charge in [0.25, 0.3) is 5.91 Å². The van der Waals surface area contributed by atoms with Crippen LogP contribution in [0.4, 0.5) is 0 Å². The number of carbonyl (C=O) groups excluding carboxylic acids is 1. The first-order valence-electron chi connectivity index (χ1n) is 10.1. The molecular weight excluding hydrogens is 368 g/mol. The molecule has 142 valence electrons. The van der Waals surface area contributed by atoms with Gasteiger partial charge in [-0.15, -0.1) is 0 Å². The summed E-state index contributed by atoms with van der Waals surface area (Å²) in [4.78, 5) is 20.0. The summed E-state index contributed by atoms with van der Waals surface area (Å²) in [6.07, 6.45) is 7.36. The minimum Gasteiger partial charge on any atom is -0.332 e. The highest BCUT2D eigenvalue weighted by molar-refractivity contribution is 6.33. The molecule has 3 nitrogen and oxygen atoms in total. The second kappa shape index (κ2) is 7.21. The van der Waals surface area contributed by atoms with Crippen LogP contribution in [0, 0.1) is 0 Å². The van der Waals surface area contributed by atoms with Crippen LogP contribution in [-0.4, -0.2) is 35.7 Å². The zero-order chi connectivity index (χ0) is 19.1. The highest BCUT2D eigenvalue weighted by Crippen LogP contribution is 2.37. The molecule has 1 aliphatic heterocycles. The molecular formula is C24H23ClN2O. The van der Waals surface area contributed by atoms with Crippen LogP contribution in [0.5, 0.6) is 0 Å². The van der Waals surface area contributed by atoms with Crippen LogP contribution in [0.15, 0.2) is 64.7 Å². The quantitative estimate of drug-likeness (QED) is 0.674. The predicted octanol–water partition coefficient (Wildman–Crippen LogP) is 5.55. The summed E-state index contributed by atoms with van der Waals surface area (Å²) in [5.74, 6) is 0.164. The Morgan fingerprint density at radius 3 is 2.54 bits per heavy atom. The average Bonchev–Trinajstić information content (AvgIpc) is 3.44. The minimum atomic E-state index is 0.164. The summed E-state index contributed by atoms with van der Waals surface area (Å²) in [6, 6.07) is 16.4. The maximum atomic E-state index is 13.4. The van der Waals surface area contributed by atoms with Gasteiger partial charge in [0.05, 0.1) is 6.54 Å². The number of nitrogens with zero attached hydrogens (tertiary/aromatic N) is 2. The fourth-order valence-corrected chi connectivity index (χ4v) is 4.69. The van der Waals surface area contributed by atoms with Crippen LogP contribution >= 0.6 is 11.6 Å². The molecule has 0 bridgehead atoms. The summed E-state index contributed by atoms with van der Waals surface area (Å²) < 4.78 is 0. The van der Waals surface area contributed by atoms with Gasteiger partial charge in [-0.3, -0.25) is 9.79 Å². The third kappa shape index (κ3) is 3.29. The lowest BCUT2D eigenvalue weighted by molar-refractivity contribution is 0.0645. The maximum Gasteiger partial charge on any atom is 0.254 e. The molecule has 0 spiro atoms. The van der Waals surface area contributed by atoms with E-state index in [2.05, 4.69) is 9.89 Å². The molecule has 2 aromatic carbocycles. The number of halogens is 1. The van der Waals surface area contributed by atoms with Crippen molar-refractivity contribution in [2.75, 3.05) is 6.54 Å². The fourth-order valence-electron chi connectivity index (χ4n) is 4.45. The molecule has 0 aromatic heterocycles. The van der Waals surface area contributed by atoms with Gasteiger partial charge in [0, 0.05) is 34.4 Å². The highest BCUT2D eigenvalue weighted by Gasteiger charge is 2.39. The molecule has 5 rings (SSSR count). The van der Waals surface area contributed by atoms with E-state index in [1.807, 2.05) is 54.7 Å². The molecule has 0 saturated heterocycles. The van der Waals surface area contributed by atoms with Gasteiger partial charge < -0.3 is 4.90 Å². The third-order valence-corrected chi connectivity index (χ3v) is 6.43. The molecule has 1 fully saturated rings. The predicted molar refractivity (Wildman–Crippen MR) is 114 cm³/mol. The average molecular weight is 391 g/mol. The van der Waals surface area contributed by atoms with Gasteiger partial charge in [0.2, 0.25) is 0 Å². The van der Waals surface area contributed by atoms with E-state index in [4.69, 9.17) is 11.6 Å². The third-order valence-electron chi connectivity index (χ3n) is 6.10. The van der Waals surface area contributed by atoms with Crippen molar-refractivity contribution in [2.45, 2.75) is 44.2 Å². The first-order valence-corrected chi connectivity index (χ1v) is 10.5. The smallest absolute Gasteiger partial charge is 0.254 e. The Bertz CT molecular complexity index is 972. The maximum absolute atomic E-state index is 13.4. The standard InChI is InChI=1S/C24H23ClN2O/c25-23-4-2-1-3-22(23)16-5-7-17(8-6-16)24(28)27(20-11-12-20)21-10-9-18-14-26-15-19(18)13-21/h1-8,15,20-21H,9-14H2. The monoisotopic (exact) mass is 390 g/mol. The van der Waals surface area contributed by atoms with Crippen molar-refractivity contribution in [2.24, 2.45) is 4.99 Å². The summed E-state index contributed by atoms with van der Waals surface area (Å²) in [7, 11) is 0. The first kappa shape index (κ1) is 17.7. The van der Waals surface area contributed by atoms with Crippen molar-refractivity contribution in [1.82, 2.24) is 4.90 Å². The number of hydrogen-bond donors (Lipinski definition) is 0. The molecule has 28 heavy (non-hydrogen) atoms. The molecule has 0 radical (unpaired) electrons. The van der Waals surface area contributed by atoms with Crippen molar-refractivity contribution in [3.8, 4) is 11.1 Å². The van der Waals surface area contributed by atoms with Gasteiger partial charge in [-0.05, 0) is 67.0 Å². The number of amides is 1. The van der Waals surface area contributed by atoms with E-state index in [1.54, 1.807) is 0 Å². The lowest BCUT2D eigenvalue weighted by Crippen LogP contribution is -2.43. The molecule has 1 amide bonds. The number of aliphatic imine (C=N–C) groups is 1. The molecule has 1 atom stereocenters. The van der Waals surface area contributed by atoms with Crippen molar-refractivity contribution in [3.05, 3.63) is 70.3 Å². The van der Waals surface area contributed by atoms with Crippen molar-refractivity contribution in [3.63, 3.8) is 0 Å². The van der Waals surface area contributed by atoms with Gasteiger partial charge in [-0.2, -0.15) is 0 Å². The fraction of sp³-hybridized carbons (Fsp3) is 0.333. The number of benzene rings is 2. The van der Waals surface area contributed by atoms with E-state index < -0.39 is 0 Å². The SMILES string of the molecule is O=C(c1ccc(-c2ccccc2Cl)cc1)N(C1CC1)C1CCC2=C(C=NC2)C1. The number of hydrogen-bond acceptors (Lipinski definition) is 2. The molecule has 1 unspecified atom stereocenters. The van der Waals surface area contributed by atoms with Gasteiger partial charge in [-0.1, -0.05) is 41.9 Å². The van der Waals surface area contributed by atoms with E-state index in [1.165, 1.54) is 11.1 Å². The molecule has 1 saturated carbocycles. The van der Waals surface area contributed by atoms with Gasteiger partial charge in [0.1, 0.15) is 0 Å². The number of rotatable bonds is 4.